The van der Waals surface area contributed by atoms with E-state index in [-0.39, 0.29) is 18.6 Å². The molecule has 0 aromatic heterocycles. The molecule has 0 rings (SSSR count). The Balaban J connectivity index is -0.000000190. The van der Waals surface area contributed by atoms with Gasteiger partial charge in [-0.15, -0.1) is 11.6 Å². The Kier molecular flexibility index (Phi) is 17.9. The number of hydrogen-bond acceptors (Lipinski definition) is 3. The highest BCUT2D eigenvalue weighted by atomic mass is 35.5. The molecule has 0 bridgehead atoms. The van der Waals surface area contributed by atoms with Gasteiger partial charge in [-0.05, 0) is 6.42 Å². The van der Waals surface area contributed by atoms with Gasteiger partial charge in [0, 0.05) is 11.3 Å². The van der Waals surface area contributed by atoms with Crippen molar-refractivity contribution < 1.29 is 29.5 Å². The van der Waals surface area contributed by atoms with Crippen LogP contribution in [0.15, 0.2) is 0 Å². The highest BCUT2D eigenvalue weighted by Gasteiger charge is 2.13. The van der Waals surface area contributed by atoms with Gasteiger partial charge in [0.25, 0.3) is 0 Å². The molecule has 0 saturated carbocycles. The highest BCUT2D eigenvalue weighted by Crippen LogP contribution is 2.25. The average molecular weight is 309 g/mol. The third kappa shape index (κ3) is 44.1. The summed E-state index contributed by atoms with van der Waals surface area (Å²) < 4.78 is 8.88. The molecule has 0 aliphatic carbocycles. The van der Waals surface area contributed by atoms with Crippen LogP contribution in [-0.4, -0.2) is 44.0 Å². The van der Waals surface area contributed by atoms with Crippen LogP contribution < -0.4 is 0 Å². The molecule has 0 fully saturated rings. The number of unbranched alkanes of at least 4 members (excludes halogenated alkanes) is 2. The molecule has 8 heteroatoms. The van der Waals surface area contributed by atoms with Gasteiger partial charge in [0.2, 0.25) is 0 Å². The molecule has 0 aromatic rings. The van der Waals surface area contributed by atoms with Crippen molar-refractivity contribution in [1.82, 2.24) is 0 Å². The molecule has 0 heterocycles. The lowest BCUT2D eigenvalue weighted by atomic mass is 9.97. The van der Waals surface area contributed by atoms with Gasteiger partial charge >= 0.3 is 7.82 Å². The van der Waals surface area contributed by atoms with Crippen molar-refractivity contribution in [3.05, 3.63) is 0 Å². The summed E-state index contributed by atoms with van der Waals surface area (Å²) in [6.07, 6.45) is 3.73. The molecule has 6 nitrogen and oxygen atoms in total. The maximum Gasteiger partial charge on any atom is 0.466 e. The Hall–Kier alpha value is 0.320. The first kappa shape index (κ1) is 23.4. The lowest BCUT2D eigenvalue weighted by Gasteiger charge is -2.16. The number of hydrogen-bond donors (Lipinski definition) is 5. The van der Waals surface area contributed by atoms with E-state index in [1.54, 1.807) is 13.8 Å². The second-order valence-electron chi connectivity index (χ2n) is 4.39. The van der Waals surface area contributed by atoms with Gasteiger partial charge in [0.05, 0.1) is 13.2 Å². The van der Waals surface area contributed by atoms with E-state index in [1.807, 2.05) is 0 Å². The number of alkyl halides is 1. The third-order valence-corrected chi connectivity index (χ3v) is 1.86. The molecule has 0 atom stereocenters. The highest BCUT2D eigenvalue weighted by molar-refractivity contribution is 7.45. The maximum atomic E-state index is 8.88. The van der Waals surface area contributed by atoms with Crippen molar-refractivity contribution in [2.45, 2.75) is 40.0 Å². The Bertz CT molecular complexity index is 188. The minimum atomic E-state index is -4.64. The van der Waals surface area contributed by atoms with Crippen LogP contribution in [0.5, 0.6) is 0 Å². The van der Waals surface area contributed by atoms with Gasteiger partial charge in [0.15, 0.2) is 0 Å². The normalized spacial score (nSPS) is 10.9. The van der Waals surface area contributed by atoms with Crippen LogP contribution in [-0.2, 0) is 4.57 Å². The van der Waals surface area contributed by atoms with Crippen LogP contribution in [0.4, 0.5) is 0 Å². The summed E-state index contributed by atoms with van der Waals surface area (Å²) in [6, 6.07) is 0. The van der Waals surface area contributed by atoms with Gasteiger partial charge in [-0.25, -0.2) is 4.57 Å². The van der Waals surface area contributed by atoms with E-state index in [0.29, 0.717) is 0 Å². The molecule has 5 N–H and O–H groups in total. The first-order valence-corrected chi connectivity index (χ1v) is 7.70. The first-order valence-electron chi connectivity index (χ1n) is 5.60. The molecule has 0 unspecified atom stereocenters. The monoisotopic (exact) mass is 308 g/mol. The Labute approximate surface area is 114 Å². The maximum absolute atomic E-state index is 8.88. The quantitative estimate of drug-likeness (QED) is 0.298. The van der Waals surface area contributed by atoms with Gasteiger partial charge in [-0.1, -0.05) is 33.6 Å². The number of halogens is 1. The molecule has 114 valence electrons. The molecule has 0 aliphatic rings. The van der Waals surface area contributed by atoms with Crippen molar-refractivity contribution in [2.24, 2.45) is 5.41 Å². The summed E-state index contributed by atoms with van der Waals surface area (Å²) in [5.74, 6) is 0.827. The summed E-state index contributed by atoms with van der Waals surface area (Å²) in [6.45, 7) is 5.86. The summed E-state index contributed by atoms with van der Waals surface area (Å²) in [7, 11) is -4.64. The van der Waals surface area contributed by atoms with Crippen LogP contribution >= 0.6 is 19.4 Å². The zero-order valence-electron chi connectivity index (χ0n) is 11.2. The van der Waals surface area contributed by atoms with Crippen molar-refractivity contribution in [1.29, 1.82) is 0 Å². The van der Waals surface area contributed by atoms with Crippen molar-refractivity contribution in [3.8, 4) is 0 Å². The van der Waals surface area contributed by atoms with Crippen molar-refractivity contribution >= 4 is 19.4 Å². The molecule has 0 amide bonds. The van der Waals surface area contributed by atoms with Crippen LogP contribution in [0.1, 0.15) is 40.0 Å². The first-order chi connectivity index (χ1) is 8.04. The fourth-order valence-corrected chi connectivity index (χ4v) is 0.583. The molecular formula is C10H26ClO6P. The zero-order chi connectivity index (χ0) is 15.2. The van der Waals surface area contributed by atoms with Crippen LogP contribution in [0.2, 0.25) is 0 Å². The fraction of sp³-hybridized carbons (Fsp3) is 1.00. The molecule has 0 radical (unpaired) electrons. The van der Waals surface area contributed by atoms with E-state index >= 15 is 0 Å². The Morgan fingerprint density at radius 2 is 1.39 bits per heavy atom. The van der Waals surface area contributed by atoms with E-state index in [0.717, 1.165) is 5.88 Å². The summed E-state index contributed by atoms with van der Waals surface area (Å²) in [4.78, 5) is 21.6. The second kappa shape index (κ2) is 13.7. The molecule has 0 saturated heterocycles. The summed E-state index contributed by atoms with van der Waals surface area (Å²) in [5, 5.41) is 16.9. The molecule has 0 spiro atoms. The smallest absolute Gasteiger partial charge is 0.396 e. The van der Waals surface area contributed by atoms with Gasteiger partial charge in [-0.2, -0.15) is 0 Å². The van der Waals surface area contributed by atoms with E-state index in [4.69, 9.17) is 41.1 Å². The van der Waals surface area contributed by atoms with Gasteiger partial charge in [-0.3, -0.25) is 0 Å². The zero-order valence-corrected chi connectivity index (χ0v) is 12.9. The van der Waals surface area contributed by atoms with E-state index in [1.165, 1.54) is 19.3 Å². The molecular weight excluding hydrogens is 283 g/mol. The largest absolute Gasteiger partial charge is 0.466 e. The van der Waals surface area contributed by atoms with Crippen LogP contribution in [0.3, 0.4) is 0 Å². The minimum Gasteiger partial charge on any atom is -0.396 e. The summed E-state index contributed by atoms with van der Waals surface area (Å²) >= 11 is 5.38. The van der Waals surface area contributed by atoms with Gasteiger partial charge < -0.3 is 24.9 Å². The van der Waals surface area contributed by atoms with Crippen molar-refractivity contribution in [2.75, 3.05) is 19.1 Å². The minimum absolute atomic E-state index is 0.0451. The number of phosphoric acid groups is 1. The number of aliphatic hydroxyl groups is 2. The predicted octanol–water partition coefficient (Wildman–Crippen LogP) is 1.48. The van der Waals surface area contributed by atoms with E-state index in [9.17, 15) is 0 Å². The lowest BCUT2D eigenvalue weighted by Crippen LogP contribution is -2.20. The van der Waals surface area contributed by atoms with Gasteiger partial charge in [0.1, 0.15) is 0 Å². The van der Waals surface area contributed by atoms with Crippen LogP contribution in [0, 0.1) is 5.41 Å². The lowest BCUT2D eigenvalue weighted by molar-refractivity contribution is 0.0857. The topological polar surface area (TPSA) is 118 Å². The average Bonchev–Trinajstić information content (AvgIpc) is 2.25. The van der Waals surface area contributed by atoms with Crippen LogP contribution in [0.25, 0.3) is 0 Å². The fourth-order valence-electron chi connectivity index (χ4n) is 0.394. The predicted molar refractivity (Wildman–Crippen MR) is 72.5 cm³/mol. The second-order valence-corrected chi connectivity index (χ2v) is 5.79. The number of rotatable bonds is 5. The Morgan fingerprint density at radius 3 is 1.44 bits per heavy atom. The SMILES string of the molecule is CC(C)(CO)CO.CCCCCCl.O=P(O)(O)O. The molecule has 18 heavy (non-hydrogen) atoms. The molecule has 0 aliphatic heterocycles. The van der Waals surface area contributed by atoms with Crippen molar-refractivity contribution in [3.63, 3.8) is 0 Å². The van der Waals surface area contributed by atoms with E-state index < -0.39 is 7.82 Å². The van der Waals surface area contributed by atoms with E-state index in [2.05, 4.69) is 6.92 Å². The molecule has 0 aromatic carbocycles. The standard InChI is InChI=1S/C5H11Cl.C5H12O2.H3O4P/c1-2-3-4-5-6;1-5(2,3-6)4-7;1-5(2,3)4/h2-5H2,1H3;6-7H,3-4H2,1-2H3;(H3,1,2,3,4). The Morgan fingerprint density at radius 1 is 1.06 bits per heavy atom. The third-order valence-electron chi connectivity index (χ3n) is 1.59. The summed E-state index contributed by atoms with van der Waals surface area (Å²) in [5.41, 5.74) is -0.306. The number of aliphatic hydroxyl groups excluding tert-OH is 2.